The average Bonchev–Trinajstić information content (AvgIpc) is 3.43. The zero-order valence-corrected chi connectivity index (χ0v) is 18.6. The van der Waals surface area contributed by atoms with Crippen molar-refractivity contribution in [2.45, 2.75) is 51.1 Å². The van der Waals surface area contributed by atoms with Crippen molar-refractivity contribution >= 4 is 17.7 Å². The Balaban J connectivity index is 1.21. The summed E-state index contributed by atoms with van der Waals surface area (Å²) in [6, 6.07) is 12.2. The van der Waals surface area contributed by atoms with Crippen LogP contribution < -0.4 is 5.32 Å². The van der Waals surface area contributed by atoms with Crippen molar-refractivity contribution in [3.05, 3.63) is 71.0 Å². The summed E-state index contributed by atoms with van der Waals surface area (Å²) in [6.45, 7) is 0.352. The van der Waals surface area contributed by atoms with Gasteiger partial charge in [-0.05, 0) is 67.5 Å². The summed E-state index contributed by atoms with van der Waals surface area (Å²) in [5, 5.41) is 20.2. The molecule has 2 N–H and O–H groups in total. The van der Waals surface area contributed by atoms with Crippen molar-refractivity contribution in [2.24, 2.45) is 0 Å². The van der Waals surface area contributed by atoms with E-state index in [9.17, 15) is 19.5 Å². The molecule has 3 heterocycles. The third-order valence-electron chi connectivity index (χ3n) is 6.40. The molecule has 1 aromatic heterocycles. The molecule has 2 aliphatic heterocycles. The number of nitrogens with zero attached hydrogens (tertiary/aromatic N) is 4. The second kappa shape index (κ2) is 9.09. The summed E-state index contributed by atoms with van der Waals surface area (Å²) < 4.78 is 1.66. The van der Waals surface area contributed by atoms with Crippen LogP contribution in [-0.2, 0) is 29.0 Å². The molecule has 0 bridgehead atoms. The van der Waals surface area contributed by atoms with Crippen molar-refractivity contribution in [3.8, 4) is 11.4 Å². The van der Waals surface area contributed by atoms with Crippen molar-refractivity contribution in [1.29, 1.82) is 0 Å². The highest BCUT2D eigenvalue weighted by atomic mass is 16.3. The number of hydrogen-bond acceptors (Lipinski definition) is 6. The summed E-state index contributed by atoms with van der Waals surface area (Å²) in [4.78, 5) is 38.2. The molecule has 1 fully saturated rings. The van der Waals surface area contributed by atoms with Crippen molar-refractivity contribution < 1.29 is 19.5 Å². The number of carbonyl (C=O) groups excluding carboxylic acids is 3. The number of aromatic hydroxyl groups is 1. The molecule has 1 unspecified atom stereocenters. The van der Waals surface area contributed by atoms with E-state index in [2.05, 4.69) is 15.6 Å². The van der Waals surface area contributed by atoms with Gasteiger partial charge in [-0.3, -0.25) is 19.7 Å². The number of carbonyl (C=O) groups is 3. The molecule has 2 aliphatic rings. The Hall–Kier alpha value is -4.01. The lowest BCUT2D eigenvalue weighted by atomic mass is 10.0. The van der Waals surface area contributed by atoms with E-state index in [1.165, 1.54) is 10.5 Å². The van der Waals surface area contributed by atoms with Gasteiger partial charge in [0, 0.05) is 18.5 Å². The van der Waals surface area contributed by atoms with Gasteiger partial charge >= 0.3 is 0 Å². The summed E-state index contributed by atoms with van der Waals surface area (Å²) in [5.74, 6) is -0.641. The normalized spacial score (nSPS) is 17.7. The molecule has 174 valence electrons. The molecule has 3 aromatic rings. The number of nitrogens with one attached hydrogen (secondary N) is 1. The Labute approximate surface area is 196 Å². The number of piperidine rings is 1. The number of amides is 3. The Morgan fingerprint density at radius 1 is 1.03 bits per heavy atom. The fraction of sp³-hybridized carbons (Fsp3) is 0.320. The van der Waals surface area contributed by atoms with E-state index in [1.807, 2.05) is 30.5 Å². The number of aryl methyl sites for hydroxylation is 2. The highest BCUT2D eigenvalue weighted by Crippen LogP contribution is 2.29. The molecule has 9 heteroatoms. The molecule has 3 amide bonds. The van der Waals surface area contributed by atoms with Crippen LogP contribution in [0, 0.1) is 0 Å². The van der Waals surface area contributed by atoms with E-state index in [4.69, 9.17) is 0 Å². The molecular weight excluding hydrogens is 434 g/mol. The molecule has 2 aromatic carbocycles. The zero-order valence-electron chi connectivity index (χ0n) is 18.6. The third kappa shape index (κ3) is 4.41. The second-order valence-corrected chi connectivity index (χ2v) is 8.77. The third-order valence-corrected chi connectivity index (χ3v) is 6.40. The van der Waals surface area contributed by atoms with Crippen molar-refractivity contribution in [2.75, 3.05) is 0 Å². The number of benzene rings is 2. The van der Waals surface area contributed by atoms with Crippen LogP contribution in [0.3, 0.4) is 0 Å². The van der Waals surface area contributed by atoms with E-state index >= 15 is 0 Å². The van der Waals surface area contributed by atoms with Crippen LogP contribution >= 0.6 is 0 Å². The van der Waals surface area contributed by atoms with E-state index in [1.54, 1.807) is 22.9 Å². The van der Waals surface area contributed by atoms with Crippen LogP contribution in [0.5, 0.6) is 5.75 Å². The first-order valence-corrected chi connectivity index (χ1v) is 11.4. The van der Waals surface area contributed by atoms with Crippen LogP contribution in [0.2, 0.25) is 0 Å². The minimum atomic E-state index is -0.624. The molecule has 5 rings (SSSR count). The largest absolute Gasteiger partial charge is 0.508 e. The standard InChI is InChI=1S/C25H25N5O4/c31-20-9-5-16(6-10-20)3-1-2-4-18-15-30(28-27-18)19-8-7-17-14-29(25(34)21(17)13-19)22-11-12-23(32)26-24(22)33/h5-10,13,15,22,31H,1-4,11-12,14H2,(H,26,32,33). The first kappa shape index (κ1) is 21.8. The zero-order chi connectivity index (χ0) is 23.7. The summed E-state index contributed by atoms with van der Waals surface area (Å²) in [6.07, 6.45) is 6.15. The second-order valence-electron chi connectivity index (χ2n) is 8.77. The van der Waals surface area contributed by atoms with Gasteiger partial charge in [-0.2, -0.15) is 0 Å². The van der Waals surface area contributed by atoms with E-state index in [0.29, 0.717) is 18.5 Å². The first-order valence-electron chi connectivity index (χ1n) is 11.4. The maximum absolute atomic E-state index is 13.0. The predicted octanol–water partition coefficient (Wildman–Crippen LogP) is 2.30. The van der Waals surface area contributed by atoms with Gasteiger partial charge < -0.3 is 10.0 Å². The number of aromatic nitrogens is 3. The molecule has 1 atom stereocenters. The molecule has 9 nitrogen and oxygen atoms in total. The van der Waals surface area contributed by atoms with Gasteiger partial charge in [0.25, 0.3) is 5.91 Å². The maximum atomic E-state index is 13.0. The van der Waals surface area contributed by atoms with Gasteiger partial charge in [-0.1, -0.05) is 23.4 Å². The highest BCUT2D eigenvalue weighted by molar-refractivity contribution is 6.05. The van der Waals surface area contributed by atoms with Crippen LogP contribution in [0.15, 0.2) is 48.7 Å². The van der Waals surface area contributed by atoms with Crippen LogP contribution in [0.1, 0.15) is 52.9 Å². The minimum Gasteiger partial charge on any atom is -0.508 e. The number of imide groups is 1. The summed E-state index contributed by atoms with van der Waals surface area (Å²) in [5.41, 5.74) is 4.21. The molecule has 34 heavy (non-hydrogen) atoms. The number of rotatable bonds is 7. The minimum absolute atomic E-state index is 0.207. The topological polar surface area (TPSA) is 117 Å². The van der Waals surface area contributed by atoms with Gasteiger partial charge in [-0.15, -0.1) is 5.10 Å². The molecule has 0 saturated carbocycles. The van der Waals surface area contributed by atoms with Gasteiger partial charge in [0.1, 0.15) is 11.8 Å². The summed E-state index contributed by atoms with van der Waals surface area (Å²) in [7, 11) is 0. The van der Waals surface area contributed by atoms with Crippen molar-refractivity contribution in [3.63, 3.8) is 0 Å². The number of hydrogen-bond donors (Lipinski definition) is 2. The quantitative estimate of drug-likeness (QED) is 0.414. The SMILES string of the molecule is O=C1CCC(N2Cc3ccc(-n4cc(CCCCc5ccc(O)cc5)nn4)cc3C2=O)C(=O)N1. The lowest BCUT2D eigenvalue weighted by molar-refractivity contribution is -0.136. The van der Waals surface area contributed by atoms with Crippen LogP contribution in [0.4, 0.5) is 0 Å². The van der Waals surface area contributed by atoms with Gasteiger partial charge in [0.2, 0.25) is 11.8 Å². The molecular formula is C25H25N5O4. The highest BCUT2D eigenvalue weighted by Gasteiger charge is 2.39. The van der Waals surface area contributed by atoms with Gasteiger partial charge in [0.15, 0.2) is 0 Å². The molecule has 0 spiro atoms. The Morgan fingerprint density at radius 3 is 2.62 bits per heavy atom. The fourth-order valence-corrected chi connectivity index (χ4v) is 4.52. The lowest BCUT2D eigenvalue weighted by Crippen LogP contribution is -2.52. The molecule has 0 aliphatic carbocycles. The number of unbranched alkanes of at least 4 members (excludes halogenated alkanes) is 1. The number of phenols is 1. The van der Waals surface area contributed by atoms with Crippen molar-refractivity contribution in [1.82, 2.24) is 25.2 Å². The average molecular weight is 460 g/mol. The summed E-state index contributed by atoms with van der Waals surface area (Å²) >= 11 is 0. The van der Waals surface area contributed by atoms with E-state index in [0.717, 1.165) is 42.6 Å². The van der Waals surface area contributed by atoms with Gasteiger partial charge in [-0.25, -0.2) is 4.68 Å². The van der Waals surface area contributed by atoms with Gasteiger partial charge in [0.05, 0.1) is 17.6 Å². The molecule has 1 saturated heterocycles. The van der Waals surface area contributed by atoms with E-state index < -0.39 is 11.9 Å². The Morgan fingerprint density at radius 2 is 1.82 bits per heavy atom. The monoisotopic (exact) mass is 459 g/mol. The Kier molecular flexibility index (Phi) is 5.83. The Bertz CT molecular complexity index is 1250. The maximum Gasteiger partial charge on any atom is 0.255 e. The van der Waals surface area contributed by atoms with E-state index in [-0.39, 0.29) is 24.0 Å². The lowest BCUT2D eigenvalue weighted by Gasteiger charge is -2.29. The smallest absolute Gasteiger partial charge is 0.255 e. The van der Waals surface area contributed by atoms with Crippen LogP contribution in [-0.4, -0.2) is 48.8 Å². The fourth-order valence-electron chi connectivity index (χ4n) is 4.52. The van der Waals surface area contributed by atoms with Crippen LogP contribution in [0.25, 0.3) is 5.69 Å². The number of phenolic OH excluding ortho intramolecular Hbond substituents is 1. The predicted molar refractivity (Wildman–Crippen MR) is 122 cm³/mol. The number of fused-ring (bicyclic) bond motifs is 1. The first-order chi connectivity index (χ1) is 16.5. The molecule has 0 radical (unpaired) electrons.